The number of nitrogens with zero attached hydrogens (tertiary/aromatic N) is 4. The van der Waals surface area contributed by atoms with Crippen LogP contribution in [0.2, 0.25) is 0 Å². The molecule has 0 unspecified atom stereocenters. The molecule has 5 heterocycles. The Morgan fingerprint density at radius 3 is 2.83 bits per heavy atom. The number of hydrogen-bond acceptors (Lipinski definition) is 7. The van der Waals surface area contributed by atoms with Crippen LogP contribution in [0.3, 0.4) is 0 Å². The van der Waals surface area contributed by atoms with Gasteiger partial charge in [0.05, 0.1) is 17.4 Å². The molecule has 3 aliphatic rings. The Morgan fingerprint density at radius 1 is 1.07 bits per heavy atom. The third-order valence-corrected chi connectivity index (χ3v) is 5.88. The van der Waals surface area contributed by atoms with Crippen LogP contribution in [-0.4, -0.2) is 47.5 Å². The second kappa shape index (κ2) is 8.12. The van der Waals surface area contributed by atoms with Crippen molar-refractivity contribution in [1.29, 1.82) is 0 Å². The van der Waals surface area contributed by atoms with Gasteiger partial charge in [0, 0.05) is 42.5 Å². The second-order valence-electron chi connectivity index (χ2n) is 7.34. The normalized spacial score (nSPS) is 17.5. The molecule has 1 N–H and O–H groups in total. The molecule has 3 aliphatic heterocycles. The summed E-state index contributed by atoms with van der Waals surface area (Å²) in [5.41, 5.74) is 2.90. The minimum Gasteiger partial charge on any atom is -0.416 e. The van der Waals surface area contributed by atoms with Crippen LogP contribution in [-0.2, 0) is 4.74 Å². The molecule has 7 nitrogen and oxygen atoms in total. The molecule has 6 rings (SSSR count). The summed E-state index contributed by atoms with van der Waals surface area (Å²) in [6, 6.07) is 9.99. The molecule has 0 saturated carbocycles. The van der Waals surface area contributed by atoms with E-state index in [1.807, 2.05) is 24.3 Å². The number of rotatable bonds is 0. The Balaban J connectivity index is 1.56. The van der Waals surface area contributed by atoms with E-state index in [0.717, 1.165) is 72.6 Å². The zero-order chi connectivity index (χ0) is 19.6. The van der Waals surface area contributed by atoms with Crippen molar-refractivity contribution in [2.75, 3.05) is 36.5 Å². The number of benzene rings is 1. The van der Waals surface area contributed by atoms with Crippen molar-refractivity contribution in [2.24, 2.45) is 0 Å². The zero-order valence-corrected chi connectivity index (χ0v) is 17.6. The first-order chi connectivity index (χ1) is 14.3. The maximum atomic E-state index is 6.11. The third kappa shape index (κ3) is 4.00. The molecule has 0 aliphatic carbocycles. The minimum absolute atomic E-state index is 0.314. The molecule has 0 amide bonds. The van der Waals surface area contributed by atoms with Crippen molar-refractivity contribution in [3.8, 4) is 22.9 Å². The number of pyridine rings is 1. The van der Waals surface area contributed by atoms with Crippen molar-refractivity contribution >= 4 is 27.4 Å². The standard InChI is InChI=1S/C21H22BrN5O2/c22-15-2-3-17-18(13-15)27-9-5-16(6-10-27)28-11-1-7-23-19-12-14(4-8-24-19)20-25-26-21(17)29-20/h2-4,8,12-13,16H,1,5-7,9-11H2,(H,23,24). The summed E-state index contributed by atoms with van der Waals surface area (Å²) in [5.74, 6) is 1.81. The largest absolute Gasteiger partial charge is 0.416 e. The maximum absolute atomic E-state index is 6.11. The average molecular weight is 456 g/mol. The topological polar surface area (TPSA) is 76.3 Å². The molecule has 8 heteroatoms. The van der Waals surface area contributed by atoms with E-state index in [9.17, 15) is 0 Å². The summed E-state index contributed by atoms with van der Waals surface area (Å²) in [7, 11) is 0. The van der Waals surface area contributed by atoms with Crippen LogP contribution < -0.4 is 10.2 Å². The van der Waals surface area contributed by atoms with Crippen molar-refractivity contribution < 1.29 is 9.15 Å². The fourth-order valence-corrected chi connectivity index (χ4v) is 4.21. The lowest BCUT2D eigenvalue weighted by Gasteiger charge is -2.34. The van der Waals surface area contributed by atoms with Crippen LogP contribution in [0.1, 0.15) is 19.3 Å². The van der Waals surface area contributed by atoms with Crippen LogP contribution in [0.15, 0.2) is 45.4 Å². The number of anilines is 2. The van der Waals surface area contributed by atoms with Gasteiger partial charge in [0.15, 0.2) is 0 Å². The molecule has 1 aromatic carbocycles. The van der Waals surface area contributed by atoms with Crippen LogP contribution in [0.4, 0.5) is 11.5 Å². The van der Waals surface area contributed by atoms with Gasteiger partial charge in [-0.1, -0.05) is 15.9 Å². The van der Waals surface area contributed by atoms with E-state index in [1.54, 1.807) is 6.20 Å². The third-order valence-electron chi connectivity index (χ3n) is 5.39. The van der Waals surface area contributed by atoms with Crippen molar-refractivity contribution in [2.45, 2.75) is 25.4 Å². The number of hydrogen-bond donors (Lipinski definition) is 1. The summed E-state index contributed by atoms with van der Waals surface area (Å²) in [6.45, 7) is 3.45. The van der Waals surface area contributed by atoms with Gasteiger partial charge in [-0.15, -0.1) is 10.2 Å². The lowest BCUT2D eigenvalue weighted by Crippen LogP contribution is -2.37. The molecule has 0 radical (unpaired) electrons. The Labute approximate surface area is 177 Å². The quantitative estimate of drug-likeness (QED) is 0.539. The molecule has 150 valence electrons. The van der Waals surface area contributed by atoms with Gasteiger partial charge >= 0.3 is 0 Å². The molecule has 1 fully saturated rings. The van der Waals surface area contributed by atoms with E-state index in [1.165, 1.54) is 0 Å². The predicted molar refractivity (Wildman–Crippen MR) is 115 cm³/mol. The van der Waals surface area contributed by atoms with Crippen LogP contribution in [0.25, 0.3) is 22.9 Å². The highest BCUT2D eigenvalue weighted by molar-refractivity contribution is 9.10. The first-order valence-electron chi connectivity index (χ1n) is 9.96. The molecule has 6 bridgehead atoms. The lowest BCUT2D eigenvalue weighted by molar-refractivity contribution is 0.0370. The lowest BCUT2D eigenvalue weighted by atomic mass is 10.0. The Hall–Kier alpha value is -2.45. The first-order valence-corrected chi connectivity index (χ1v) is 10.8. The molecule has 0 spiro atoms. The molecule has 29 heavy (non-hydrogen) atoms. The van der Waals surface area contributed by atoms with Gasteiger partial charge < -0.3 is 19.4 Å². The van der Waals surface area contributed by atoms with E-state index < -0.39 is 0 Å². The molecular formula is C21H22BrN5O2. The van der Waals surface area contributed by atoms with Gasteiger partial charge in [-0.2, -0.15) is 0 Å². The van der Waals surface area contributed by atoms with Crippen molar-refractivity contribution in [1.82, 2.24) is 15.2 Å². The smallest absolute Gasteiger partial charge is 0.250 e. The Bertz CT molecular complexity index is 1000. The average Bonchev–Trinajstić information content (AvgIpc) is 3.24. The number of piperidine rings is 1. The monoisotopic (exact) mass is 455 g/mol. The molecule has 2 aromatic heterocycles. The summed E-state index contributed by atoms with van der Waals surface area (Å²) in [4.78, 5) is 6.76. The van der Waals surface area contributed by atoms with Gasteiger partial charge in [-0.3, -0.25) is 0 Å². The highest BCUT2D eigenvalue weighted by Gasteiger charge is 2.24. The highest BCUT2D eigenvalue weighted by atomic mass is 79.9. The summed E-state index contributed by atoms with van der Waals surface area (Å²) < 4.78 is 13.2. The predicted octanol–water partition coefficient (Wildman–Crippen LogP) is 4.36. The van der Waals surface area contributed by atoms with E-state index >= 15 is 0 Å². The Morgan fingerprint density at radius 2 is 1.93 bits per heavy atom. The fourth-order valence-electron chi connectivity index (χ4n) is 3.86. The number of aromatic nitrogens is 3. The number of halogens is 1. The fraction of sp³-hybridized carbons (Fsp3) is 0.381. The maximum Gasteiger partial charge on any atom is 0.250 e. The molecular weight excluding hydrogens is 434 g/mol. The van der Waals surface area contributed by atoms with E-state index in [0.29, 0.717) is 17.9 Å². The highest BCUT2D eigenvalue weighted by Crippen LogP contribution is 2.36. The van der Waals surface area contributed by atoms with E-state index in [-0.39, 0.29) is 0 Å². The zero-order valence-electron chi connectivity index (χ0n) is 16.0. The van der Waals surface area contributed by atoms with Crippen LogP contribution in [0, 0.1) is 0 Å². The van der Waals surface area contributed by atoms with Crippen molar-refractivity contribution in [3.63, 3.8) is 0 Å². The van der Waals surface area contributed by atoms with Gasteiger partial charge in [0.25, 0.3) is 0 Å². The summed E-state index contributed by atoms with van der Waals surface area (Å²) in [6.07, 6.45) is 5.03. The van der Waals surface area contributed by atoms with Gasteiger partial charge in [-0.05, 0) is 49.6 Å². The Kier molecular flexibility index (Phi) is 5.20. The second-order valence-corrected chi connectivity index (χ2v) is 8.26. The SMILES string of the molecule is Brc1ccc2c(c1)N1CCC(CC1)OCCCNc1cc(ccn1)-c1nnc-2o1. The van der Waals surface area contributed by atoms with Gasteiger partial charge in [-0.25, -0.2) is 4.98 Å². The number of ether oxygens (including phenoxy) is 1. The van der Waals surface area contributed by atoms with Crippen LogP contribution in [0.5, 0.6) is 0 Å². The molecule has 0 atom stereocenters. The first kappa shape index (κ1) is 18.6. The molecule has 3 aromatic rings. The molecule has 1 saturated heterocycles. The van der Waals surface area contributed by atoms with E-state index in [4.69, 9.17) is 9.15 Å². The van der Waals surface area contributed by atoms with E-state index in [2.05, 4.69) is 47.4 Å². The van der Waals surface area contributed by atoms with Crippen LogP contribution >= 0.6 is 15.9 Å². The number of fused-ring (bicyclic) bond motifs is 6. The summed E-state index contributed by atoms with van der Waals surface area (Å²) >= 11 is 3.61. The number of nitrogens with one attached hydrogen (secondary N) is 1. The van der Waals surface area contributed by atoms with Crippen molar-refractivity contribution in [3.05, 3.63) is 41.0 Å². The van der Waals surface area contributed by atoms with Gasteiger partial charge in [0.1, 0.15) is 5.82 Å². The van der Waals surface area contributed by atoms with Gasteiger partial charge in [0.2, 0.25) is 11.8 Å². The summed E-state index contributed by atoms with van der Waals surface area (Å²) in [5, 5.41) is 12.0. The minimum atomic E-state index is 0.314.